The van der Waals surface area contributed by atoms with Crippen molar-refractivity contribution in [2.24, 2.45) is 0 Å². The van der Waals surface area contributed by atoms with Crippen molar-refractivity contribution >= 4 is 11.7 Å². The summed E-state index contributed by atoms with van der Waals surface area (Å²) in [7, 11) is 0. The molecule has 20 heavy (non-hydrogen) atoms. The van der Waals surface area contributed by atoms with E-state index >= 15 is 0 Å². The highest BCUT2D eigenvalue weighted by Gasteiger charge is 2.30. The van der Waals surface area contributed by atoms with E-state index in [0.717, 1.165) is 12.1 Å². The van der Waals surface area contributed by atoms with Crippen molar-refractivity contribution in [2.75, 3.05) is 5.32 Å². The maximum Gasteiger partial charge on any atom is 0.573 e. The lowest BCUT2D eigenvalue weighted by Gasteiger charge is -2.09. The number of alkyl halides is 3. The number of hydrogen-bond acceptors (Lipinski definition) is 3. The topological polar surface area (TPSA) is 67.0 Å². The molecule has 2 rings (SSSR count). The smallest absolute Gasteiger partial charge is 0.406 e. The first-order valence-electron chi connectivity index (χ1n) is 5.56. The molecule has 106 valence electrons. The van der Waals surface area contributed by atoms with E-state index in [1.54, 1.807) is 6.07 Å². The minimum Gasteiger partial charge on any atom is -0.406 e. The lowest BCUT2D eigenvalue weighted by molar-refractivity contribution is -0.274. The molecule has 0 unspecified atom stereocenters. The van der Waals surface area contributed by atoms with Crippen LogP contribution in [-0.4, -0.2) is 22.5 Å². The molecule has 2 N–H and O–H groups in total. The molecule has 1 heterocycles. The summed E-state index contributed by atoms with van der Waals surface area (Å²) in [5, 5.41) is 8.78. The Labute approximate surface area is 111 Å². The number of hydrogen-bond donors (Lipinski definition) is 2. The predicted molar refractivity (Wildman–Crippen MR) is 64.0 cm³/mol. The molecule has 0 aliphatic carbocycles. The van der Waals surface area contributed by atoms with Gasteiger partial charge in [0.1, 0.15) is 11.6 Å². The summed E-state index contributed by atoms with van der Waals surface area (Å²) in [4.78, 5) is 11.6. The summed E-state index contributed by atoms with van der Waals surface area (Å²) in [6, 6.07) is 6.69. The number of aromatic nitrogens is 2. The number of carbonyl (C=O) groups is 1. The fourth-order valence-electron chi connectivity index (χ4n) is 1.51. The third-order valence-electron chi connectivity index (χ3n) is 2.30. The SMILES string of the molecule is O=C(Cc1ccc(OC(F)(F)F)cc1)Nc1ccn[nH]1. The number of amides is 1. The molecule has 0 aliphatic rings. The Morgan fingerprint density at radius 1 is 1.25 bits per heavy atom. The summed E-state index contributed by atoms with van der Waals surface area (Å²) in [6.45, 7) is 0. The normalized spacial score (nSPS) is 11.2. The Morgan fingerprint density at radius 3 is 2.50 bits per heavy atom. The zero-order valence-corrected chi connectivity index (χ0v) is 10.1. The molecule has 0 radical (unpaired) electrons. The quantitative estimate of drug-likeness (QED) is 0.907. The van der Waals surface area contributed by atoms with Crippen molar-refractivity contribution in [1.29, 1.82) is 0 Å². The Balaban J connectivity index is 1.92. The number of aromatic amines is 1. The van der Waals surface area contributed by atoms with E-state index in [9.17, 15) is 18.0 Å². The standard InChI is InChI=1S/C12H10F3N3O2/c13-12(14,15)20-9-3-1-8(2-4-9)7-11(19)17-10-5-6-16-18-10/h1-6H,7H2,(H2,16,17,18,19). The van der Waals surface area contributed by atoms with Crippen LogP contribution in [0.3, 0.4) is 0 Å². The second-order valence-corrected chi connectivity index (χ2v) is 3.89. The second-order valence-electron chi connectivity index (χ2n) is 3.89. The van der Waals surface area contributed by atoms with Gasteiger partial charge in [0, 0.05) is 6.07 Å². The maximum atomic E-state index is 12.0. The van der Waals surface area contributed by atoms with Crippen molar-refractivity contribution in [3.63, 3.8) is 0 Å². The minimum absolute atomic E-state index is 0.0331. The van der Waals surface area contributed by atoms with Gasteiger partial charge in [-0.1, -0.05) is 12.1 Å². The van der Waals surface area contributed by atoms with Gasteiger partial charge in [-0.3, -0.25) is 9.89 Å². The summed E-state index contributed by atoms with van der Waals surface area (Å²) in [5.41, 5.74) is 0.566. The average molecular weight is 285 g/mol. The lowest BCUT2D eigenvalue weighted by Crippen LogP contribution is -2.17. The molecule has 0 saturated carbocycles. The number of halogens is 3. The van der Waals surface area contributed by atoms with Gasteiger partial charge in [0.05, 0.1) is 12.6 Å². The van der Waals surface area contributed by atoms with E-state index in [1.807, 2.05) is 0 Å². The summed E-state index contributed by atoms with van der Waals surface area (Å²) >= 11 is 0. The molecule has 5 nitrogen and oxygen atoms in total. The molecule has 1 amide bonds. The van der Waals surface area contributed by atoms with E-state index in [-0.39, 0.29) is 18.1 Å². The van der Waals surface area contributed by atoms with Crippen molar-refractivity contribution in [3.05, 3.63) is 42.1 Å². The fourth-order valence-corrected chi connectivity index (χ4v) is 1.51. The molecule has 1 aromatic carbocycles. The highest BCUT2D eigenvalue weighted by atomic mass is 19.4. The largest absolute Gasteiger partial charge is 0.573 e. The van der Waals surface area contributed by atoms with Crippen LogP contribution in [-0.2, 0) is 11.2 Å². The monoisotopic (exact) mass is 285 g/mol. The van der Waals surface area contributed by atoms with Crippen LogP contribution in [0.2, 0.25) is 0 Å². The predicted octanol–water partition coefficient (Wildman–Crippen LogP) is 2.49. The van der Waals surface area contributed by atoms with Crippen molar-refractivity contribution < 1.29 is 22.7 Å². The molecule has 0 saturated heterocycles. The van der Waals surface area contributed by atoms with E-state index < -0.39 is 6.36 Å². The van der Waals surface area contributed by atoms with Crippen molar-refractivity contribution in [3.8, 4) is 5.75 Å². The van der Waals surface area contributed by atoms with Gasteiger partial charge in [0.15, 0.2) is 0 Å². The molecule has 0 spiro atoms. The zero-order chi connectivity index (χ0) is 14.6. The number of benzene rings is 1. The van der Waals surface area contributed by atoms with Crippen LogP contribution in [0.1, 0.15) is 5.56 Å². The molecular formula is C12H10F3N3O2. The Kier molecular flexibility index (Phi) is 3.92. The van der Waals surface area contributed by atoms with Gasteiger partial charge in [0.25, 0.3) is 0 Å². The number of H-pyrrole nitrogens is 1. The first kappa shape index (κ1) is 13.9. The minimum atomic E-state index is -4.72. The van der Waals surface area contributed by atoms with Crippen molar-refractivity contribution in [2.45, 2.75) is 12.8 Å². The Hall–Kier alpha value is -2.51. The number of nitrogens with zero attached hydrogens (tertiary/aromatic N) is 1. The van der Waals surface area contributed by atoms with Gasteiger partial charge < -0.3 is 10.1 Å². The highest BCUT2D eigenvalue weighted by Crippen LogP contribution is 2.22. The third kappa shape index (κ3) is 4.30. The molecule has 8 heteroatoms. The van der Waals surface area contributed by atoms with E-state index in [1.165, 1.54) is 18.3 Å². The van der Waals surface area contributed by atoms with Gasteiger partial charge in [-0.05, 0) is 17.7 Å². The molecule has 2 aromatic rings. The molecule has 0 aliphatic heterocycles. The van der Waals surface area contributed by atoms with E-state index in [0.29, 0.717) is 11.4 Å². The molecule has 0 atom stereocenters. The summed E-state index contributed by atoms with van der Waals surface area (Å²) in [6.07, 6.45) is -3.20. The van der Waals surface area contributed by atoms with Gasteiger partial charge >= 0.3 is 6.36 Å². The summed E-state index contributed by atoms with van der Waals surface area (Å²) in [5.74, 6) is -0.180. The molecule has 0 bridgehead atoms. The number of anilines is 1. The van der Waals surface area contributed by atoms with Gasteiger partial charge in [0.2, 0.25) is 5.91 Å². The molecule has 1 aromatic heterocycles. The second kappa shape index (κ2) is 5.64. The van der Waals surface area contributed by atoms with Crippen LogP contribution in [0.4, 0.5) is 19.0 Å². The Bertz CT molecular complexity index is 565. The third-order valence-corrected chi connectivity index (χ3v) is 2.30. The van der Waals surface area contributed by atoms with Crippen LogP contribution in [0.25, 0.3) is 0 Å². The average Bonchev–Trinajstić information content (AvgIpc) is 2.82. The number of carbonyl (C=O) groups excluding carboxylic acids is 1. The first-order valence-corrected chi connectivity index (χ1v) is 5.56. The van der Waals surface area contributed by atoms with Crippen LogP contribution < -0.4 is 10.1 Å². The first-order chi connectivity index (χ1) is 9.42. The van der Waals surface area contributed by atoms with Gasteiger partial charge in [-0.2, -0.15) is 5.10 Å². The van der Waals surface area contributed by atoms with E-state index in [4.69, 9.17) is 0 Å². The Morgan fingerprint density at radius 2 is 1.95 bits per heavy atom. The number of nitrogens with one attached hydrogen (secondary N) is 2. The van der Waals surface area contributed by atoms with Crippen LogP contribution in [0, 0.1) is 0 Å². The van der Waals surface area contributed by atoms with Crippen LogP contribution in [0.5, 0.6) is 5.75 Å². The zero-order valence-electron chi connectivity index (χ0n) is 10.1. The molecular weight excluding hydrogens is 275 g/mol. The van der Waals surface area contributed by atoms with E-state index in [2.05, 4.69) is 20.3 Å². The van der Waals surface area contributed by atoms with Crippen molar-refractivity contribution in [1.82, 2.24) is 10.2 Å². The van der Waals surface area contributed by atoms with Crippen LogP contribution >= 0.6 is 0 Å². The number of ether oxygens (including phenoxy) is 1. The van der Waals surface area contributed by atoms with Gasteiger partial charge in [-0.25, -0.2) is 0 Å². The lowest BCUT2D eigenvalue weighted by atomic mass is 10.1. The highest BCUT2D eigenvalue weighted by molar-refractivity contribution is 5.91. The molecule has 0 fully saturated rings. The number of rotatable bonds is 4. The van der Waals surface area contributed by atoms with Gasteiger partial charge in [-0.15, -0.1) is 13.2 Å². The summed E-state index contributed by atoms with van der Waals surface area (Å²) < 4.78 is 39.6. The fraction of sp³-hybridized carbons (Fsp3) is 0.167. The maximum absolute atomic E-state index is 12.0. The van der Waals surface area contributed by atoms with Crippen LogP contribution in [0.15, 0.2) is 36.5 Å².